The molecule has 0 bridgehead atoms. The van der Waals surface area contributed by atoms with Crippen molar-refractivity contribution in [1.29, 1.82) is 0 Å². The molecular formula is C7H11N3S. The lowest BCUT2D eigenvalue weighted by Crippen LogP contribution is -2.11. The normalized spacial score (nSPS) is 10.1. The topological polar surface area (TPSA) is 43.8 Å². The van der Waals surface area contributed by atoms with E-state index in [1.807, 2.05) is 20.9 Å². The number of nitrogens with zero attached hydrogens (tertiary/aromatic N) is 2. The van der Waals surface area contributed by atoms with Gasteiger partial charge in [-0.05, 0) is 13.8 Å². The fourth-order valence-electron chi connectivity index (χ4n) is 1.13. The third-order valence-corrected chi connectivity index (χ3v) is 1.96. The summed E-state index contributed by atoms with van der Waals surface area (Å²) in [6, 6.07) is 0. The number of aryl methyl sites for hydroxylation is 2. The van der Waals surface area contributed by atoms with Crippen molar-refractivity contribution >= 4 is 17.2 Å². The second-order valence-corrected chi connectivity index (χ2v) is 2.97. The summed E-state index contributed by atoms with van der Waals surface area (Å²) in [4.78, 5) is 0.424. The van der Waals surface area contributed by atoms with Crippen LogP contribution in [0.15, 0.2) is 0 Å². The minimum atomic E-state index is 0.424. The van der Waals surface area contributed by atoms with E-state index in [2.05, 4.69) is 5.10 Å². The van der Waals surface area contributed by atoms with Gasteiger partial charge in [0.2, 0.25) is 0 Å². The molecule has 60 valence electrons. The quantitative estimate of drug-likeness (QED) is 0.628. The van der Waals surface area contributed by atoms with Gasteiger partial charge in [0.05, 0.1) is 11.3 Å². The zero-order valence-electron chi connectivity index (χ0n) is 6.88. The first-order valence-corrected chi connectivity index (χ1v) is 3.75. The number of aromatic nitrogens is 2. The van der Waals surface area contributed by atoms with E-state index in [1.165, 1.54) is 0 Å². The van der Waals surface area contributed by atoms with Crippen LogP contribution in [-0.2, 0) is 7.05 Å². The van der Waals surface area contributed by atoms with Crippen LogP contribution in [0.2, 0.25) is 0 Å². The van der Waals surface area contributed by atoms with Crippen LogP contribution in [0.25, 0.3) is 0 Å². The lowest BCUT2D eigenvalue weighted by atomic mass is 10.2. The first kappa shape index (κ1) is 8.20. The molecule has 0 spiro atoms. The molecule has 1 aromatic heterocycles. The van der Waals surface area contributed by atoms with Gasteiger partial charge in [0.25, 0.3) is 0 Å². The highest BCUT2D eigenvalue weighted by Gasteiger charge is 2.10. The molecule has 1 rings (SSSR count). The summed E-state index contributed by atoms with van der Waals surface area (Å²) in [6.07, 6.45) is 0. The summed E-state index contributed by atoms with van der Waals surface area (Å²) >= 11 is 4.87. The smallest absolute Gasteiger partial charge is 0.107 e. The minimum Gasteiger partial charge on any atom is -0.389 e. The zero-order chi connectivity index (χ0) is 8.59. The van der Waals surface area contributed by atoms with Gasteiger partial charge < -0.3 is 5.73 Å². The molecule has 0 amide bonds. The van der Waals surface area contributed by atoms with Crippen LogP contribution in [0.5, 0.6) is 0 Å². The average molecular weight is 169 g/mol. The zero-order valence-corrected chi connectivity index (χ0v) is 7.70. The summed E-state index contributed by atoms with van der Waals surface area (Å²) in [5.74, 6) is 0. The van der Waals surface area contributed by atoms with E-state index in [1.54, 1.807) is 4.68 Å². The Morgan fingerprint density at radius 3 is 2.27 bits per heavy atom. The van der Waals surface area contributed by atoms with Gasteiger partial charge in [0.15, 0.2) is 0 Å². The summed E-state index contributed by atoms with van der Waals surface area (Å²) in [6.45, 7) is 3.86. The van der Waals surface area contributed by atoms with Crippen molar-refractivity contribution in [3.8, 4) is 0 Å². The first-order valence-electron chi connectivity index (χ1n) is 3.34. The molecule has 0 saturated carbocycles. The van der Waals surface area contributed by atoms with E-state index in [4.69, 9.17) is 18.0 Å². The molecular weight excluding hydrogens is 158 g/mol. The number of rotatable bonds is 1. The van der Waals surface area contributed by atoms with Crippen LogP contribution in [0.4, 0.5) is 0 Å². The second-order valence-electron chi connectivity index (χ2n) is 2.53. The second kappa shape index (κ2) is 2.62. The van der Waals surface area contributed by atoms with Crippen molar-refractivity contribution in [2.75, 3.05) is 0 Å². The molecule has 0 aromatic carbocycles. The first-order chi connectivity index (χ1) is 5.04. The summed E-state index contributed by atoms with van der Waals surface area (Å²) in [7, 11) is 1.88. The Hall–Kier alpha value is -0.900. The molecule has 0 aliphatic heterocycles. The SMILES string of the molecule is Cc1nn(C)c(C)c1C(N)=S. The summed E-state index contributed by atoms with van der Waals surface area (Å²) in [5.41, 5.74) is 8.34. The summed E-state index contributed by atoms with van der Waals surface area (Å²) < 4.78 is 1.78. The van der Waals surface area contributed by atoms with Gasteiger partial charge >= 0.3 is 0 Å². The van der Waals surface area contributed by atoms with Gasteiger partial charge in [-0.1, -0.05) is 12.2 Å². The Balaban J connectivity index is 3.34. The van der Waals surface area contributed by atoms with E-state index < -0.39 is 0 Å². The van der Waals surface area contributed by atoms with Crippen LogP contribution < -0.4 is 5.73 Å². The fourth-order valence-corrected chi connectivity index (χ4v) is 1.43. The maximum Gasteiger partial charge on any atom is 0.107 e. The van der Waals surface area contributed by atoms with Crippen molar-refractivity contribution in [3.05, 3.63) is 17.0 Å². The predicted molar refractivity (Wildman–Crippen MR) is 48.6 cm³/mol. The van der Waals surface area contributed by atoms with Crippen molar-refractivity contribution in [1.82, 2.24) is 9.78 Å². The van der Waals surface area contributed by atoms with Gasteiger partial charge in [-0.25, -0.2) is 0 Å². The Morgan fingerprint density at radius 1 is 1.55 bits per heavy atom. The molecule has 0 radical (unpaired) electrons. The van der Waals surface area contributed by atoms with Crippen LogP contribution in [-0.4, -0.2) is 14.8 Å². The van der Waals surface area contributed by atoms with Gasteiger partial charge in [-0.15, -0.1) is 0 Å². The number of nitrogens with two attached hydrogens (primary N) is 1. The van der Waals surface area contributed by atoms with Crippen LogP contribution in [0.1, 0.15) is 17.0 Å². The minimum absolute atomic E-state index is 0.424. The van der Waals surface area contributed by atoms with E-state index in [9.17, 15) is 0 Å². The highest BCUT2D eigenvalue weighted by atomic mass is 32.1. The number of hydrogen-bond acceptors (Lipinski definition) is 2. The van der Waals surface area contributed by atoms with E-state index >= 15 is 0 Å². The molecule has 0 saturated heterocycles. The predicted octanol–water partition coefficient (Wildman–Crippen LogP) is 0.671. The van der Waals surface area contributed by atoms with Crippen LogP contribution >= 0.6 is 12.2 Å². The number of hydrogen-bond donors (Lipinski definition) is 1. The highest BCUT2D eigenvalue weighted by molar-refractivity contribution is 7.80. The molecule has 0 atom stereocenters. The van der Waals surface area contributed by atoms with Crippen LogP contribution in [0.3, 0.4) is 0 Å². The number of thiocarbonyl (C=S) groups is 1. The van der Waals surface area contributed by atoms with Crippen LogP contribution in [0, 0.1) is 13.8 Å². The van der Waals surface area contributed by atoms with Gasteiger partial charge in [-0.2, -0.15) is 5.10 Å². The van der Waals surface area contributed by atoms with E-state index in [0.717, 1.165) is 17.0 Å². The molecule has 1 heterocycles. The lowest BCUT2D eigenvalue weighted by Gasteiger charge is -1.96. The van der Waals surface area contributed by atoms with Gasteiger partial charge in [0, 0.05) is 12.7 Å². The molecule has 4 heteroatoms. The van der Waals surface area contributed by atoms with Gasteiger partial charge in [0.1, 0.15) is 4.99 Å². The van der Waals surface area contributed by atoms with Crippen molar-refractivity contribution in [3.63, 3.8) is 0 Å². The van der Waals surface area contributed by atoms with E-state index in [-0.39, 0.29) is 0 Å². The average Bonchev–Trinajstić information content (AvgIpc) is 2.07. The van der Waals surface area contributed by atoms with Crippen molar-refractivity contribution in [2.45, 2.75) is 13.8 Å². The lowest BCUT2D eigenvalue weighted by molar-refractivity contribution is 0.731. The third kappa shape index (κ3) is 1.26. The molecule has 0 fully saturated rings. The van der Waals surface area contributed by atoms with Crippen molar-refractivity contribution in [2.24, 2.45) is 12.8 Å². The molecule has 0 aliphatic rings. The third-order valence-electron chi connectivity index (χ3n) is 1.76. The molecule has 2 N–H and O–H groups in total. The fraction of sp³-hybridized carbons (Fsp3) is 0.429. The molecule has 11 heavy (non-hydrogen) atoms. The molecule has 0 unspecified atom stereocenters. The highest BCUT2D eigenvalue weighted by Crippen LogP contribution is 2.10. The summed E-state index contributed by atoms with van der Waals surface area (Å²) in [5, 5.41) is 4.18. The molecule has 3 nitrogen and oxygen atoms in total. The van der Waals surface area contributed by atoms with E-state index in [0.29, 0.717) is 4.99 Å². The Morgan fingerprint density at radius 2 is 2.09 bits per heavy atom. The Kier molecular flexibility index (Phi) is 1.95. The van der Waals surface area contributed by atoms with Crippen molar-refractivity contribution < 1.29 is 0 Å². The Labute approximate surface area is 71.2 Å². The standard InChI is InChI=1S/C7H11N3S/c1-4-6(7(8)11)5(2)10(3)9-4/h1-3H3,(H2,8,11). The maximum atomic E-state index is 5.51. The van der Waals surface area contributed by atoms with Gasteiger partial charge in [-0.3, -0.25) is 4.68 Å². The maximum absolute atomic E-state index is 5.51. The largest absolute Gasteiger partial charge is 0.389 e. The Bertz CT molecular complexity index is 301. The molecule has 0 aliphatic carbocycles. The molecule has 1 aromatic rings. The monoisotopic (exact) mass is 169 g/mol.